The second kappa shape index (κ2) is 9.22. The summed E-state index contributed by atoms with van der Waals surface area (Å²) in [4.78, 5) is 30.9. The average molecular weight is 441 g/mol. The van der Waals surface area contributed by atoms with Gasteiger partial charge in [-0.3, -0.25) is 9.59 Å². The minimum atomic E-state index is -0.312. The van der Waals surface area contributed by atoms with Crippen molar-refractivity contribution in [3.8, 4) is 11.5 Å². The summed E-state index contributed by atoms with van der Waals surface area (Å²) >= 11 is 1.67. The molecule has 2 heterocycles. The number of carbonyl (C=O) groups excluding carboxylic acids is 2. The molecule has 0 saturated carbocycles. The number of nitrogens with zero attached hydrogens (tertiary/aromatic N) is 2. The number of thioether (sulfide) groups is 1. The molecule has 7 heteroatoms. The number of methoxy groups -OCH3 is 2. The number of amides is 2. The minimum absolute atomic E-state index is 0.00248. The zero-order valence-electron chi connectivity index (χ0n) is 18.2. The van der Waals surface area contributed by atoms with Crippen LogP contribution in [0.1, 0.15) is 30.9 Å². The van der Waals surface area contributed by atoms with Crippen molar-refractivity contribution in [2.75, 3.05) is 38.5 Å². The van der Waals surface area contributed by atoms with Crippen molar-refractivity contribution >= 4 is 29.3 Å². The highest BCUT2D eigenvalue weighted by molar-refractivity contribution is 7.98. The van der Waals surface area contributed by atoms with Crippen LogP contribution < -0.4 is 14.4 Å². The van der Waals surface area contributed by atoms with Crippen LogP contribution in [-0.2, 0) is 9.59 Å². The van der Waals surface area contributed by atoms with Gasteiger partial charge in [-0.25, -0.2) is 0 Å². The number of hydrogen-bond donors (Lipinski definition) is 0. The molecule has 2 aromatic carbocycles. The lowest BCUT2D eigenvalue weighted by Crippen LogP contribution is -2.37. The van der Waals surface area contributed by atoms with E-state index in [1.807, 2.05) is 53.6 Å². The molecule has 164 valence electrons. The Morgan fingerprint density at radius 3 is 2.48 bits per heavy atom. The van der Waals surface area contributed by atoms with Crippen LogP contribution in [0.3, 0.4) is 0 Å². The van der Waals surface area contributed by atoms with Crippen LogP contribution in [0.5, 0.6) is 11.5 Å². The highest BCUT2D eigenvalue weighted by Crippen LogP contribution is 2.38. The molecule has 6 nitrogen and oxygen atoms in total. The smallest absolute Gasteiger partial charge is 0.228 e. The van der Waals surface area contributed by atoms with Crippen LogP contribution in [0, 0.1) is 5.92 Å². The maximum Gasteiger partial charge on any atom is 0.228 e. The predicted octanol–water partition coefficient (Wildman–Crippen LogP) is 4.14. The Bertz CT molecular complexity index is 963. The largest absolute Gasteiger partial charge is 0.493 e. The van der Waals surface area contributed by atoms with Crippen molar-refractivity contribution in [3.63, 3.8) is 0 Å². The normalized spacial score (nSPS) is 20.9. The van der Waals surface area contributed by atoms with Crippen LogP contribution in [0.2, 0.25) is 0 Å². The Hall–Kier alpha value is -2.67. The summed E-state index contributed by atoms with van der Waals surface area (Å²) in [5.74, 6) is 1.10. The molecule has 4 rings (SSSR count). The van der Waals surface area contributed by atoms with Gasteiger partial charge in [0.1, 0.15) is 0 Å². The Morgan fingerprint density at radius 2 is 1.81 bits per heavy atom. The van der Waals surface area contributed by atoms with E-state index in [0.717, 1.165) is 29.0 Å². The zero-order chi connectivity index (χ0) is 22.0. The fraction of sp³-hybridized carbons (Fsp3) is 0.417. The van der Waals surface area contributed by atoms with Gasteiger partial charge in [-0.2, -0.15) is 0 Å². The van der Waals surface area contributed by atoms with E-state index in [4.69, 9.17) is 9.47 Å². The van der Waals surface area contributed by atoms with Crippen LogP contribution >= 0.6 is 11.8 Å². The molecular formula is C24H28N2O4S. The molecule has 2 saturated heterocycles. The maximum absolute atomic E-state index is 13.4. The number of carbonyl (C=O) groups is 2. The summed E-state index contributed by atoms with van der Waals surface area (Å²) in [5.41, 5.74) is 1.90. The molecule has 0 spiro atoms. The topological polar surface area (TPSA) is 59.1 Å². The third-order valence-electron chi connectivity index (χ3n) is 6.19. The van der Waals surface area contributed by atoms with E-state index in [1.165, 1.54) is 0 Å². The standard InChI is InChI=1S/C24H28N2O4S/c1-29-21-11-6-16(13-22(21)30-2)20-5-4-12-25(20)24(28)17-14-23(27)26(15-17)18-7-9-19(31-3)10-8-18/h6-11,13,17,20H,4-5,12,14-15H2,1-3H3/t17-,20+/m1/s1. The maximum atomic E-state index is 13.4. The van der Waals surface area contributed by atoms with Gasteiger partial charge in [0, 0.05) is 30.1 Å². The van der Waals surface area contributed by atoms with E-state index in [2.05, 4.69) is 0 Å². The third-order valence-corrected chi connectivity index (χ3v) is 6.93. The summed E-state index contributed by atoms with van der Waals surface area (Å²) in [6.45, 7) is 1.15. The van der Waals surface area contributed by atoms with Crippen molar-refractivity contribution in [2.24, 2.45) is 5.92 Å². The first kappa shape index (κ1) is 21.6. The van der Waals surface area contributed by atoms with Gasteiger partial charge < -0.3 is 19.3 Å². The van der Waals surface area contributed by atoms with Gasteiger partial charge in [0.2, 0.25) is 11.8 Å². The molecule has 0 radical (unpaired) electrons. The minimum Gasteiger partial charge on any atom is -0.493 e. The van der Waals surface area contributed by atoms with E-state index >= 15 is 0 Å². The first-order valence-electron chi connectivity index (χ1n) is 10.5. The van der Waals surface area contributed by atoms with Gasteiger partial charge in [-0.15, -0.1) is 11.8 Å². The SMILES string of the molecule is COc1ccc([C@@H]2CCCN2C(=O)[C@@H]2CC(=O)N(c3ccc(SC)cc3)C2)cc1OC. The predicted molar refractivity (Wildman–Crippen MR) is 122 cm³/mol. The molecule has 0 unspecified atom stereocenters. The summed E-state index contributed by atoms with van der Waals surface area (Å²) in [5, 5.41) is 0. The molecule has 2 amide bonds. The summed E-state index contributed by atoms with van der Waals surface area (Å²) in [6.07, 6.45) is 4.14. The lowest BCUT2D eigenvalue weighted by atomic mass is 10.0. The quantitative estimate of drug-likeness (QED) is 0.632. The molecule has 31 heavy (non-hydrogen) atoms. The van der Waals surface area contributed by atoms with Gasteiger partial charge >= 0.3 is 0 Å². The lowest BCUT2D eigenvalue weighted by molar-refractivity contribution is -0.136. The van der Waals surface area contributed by atoms with Crippen molar-refractivity contribution in [2.45, 2.75) is 30.2 Å². The molecule has 0 aromatic heterocycles. The van der Waals surface area contributed by atoms with E-state index < -0.39 is 0 Å². The Kier molecular flexibility index (Phi) is 6.41. The molecule has 0 N–H and O–H groups in total. The number of likely N-dealkylation sites (tertiary alicyclic amines) is 1. The van der Waals surface area contributed by atoms with E-state index in [-0.39, 0.29) is 30.2 Å². The van der Waals surface area contributed by atoms with Crippen LogP contribution in [0.15, 0.2) is 47.4 Å². The molecule has 0 aliphatic carbocycles. The van der Waals surface area contributed by atoms with Gasteiger partial charge in [0.05, 0.1) is 26.2 Å². The van der Waals surface area contributed by atoms with E-state index in [0.29, 0.717) is 24.6 Å². The zero-order valence-corrected chi connectivity index (χ0v) is 19.0. The number of benzene rings is 2. The molecular weight excluding hydrogens is 412 g/mol. The van der Waals surface area contributed by atoms with Gasteiger partial charge in [0.25, 0.3) is 0 Å². The first-order chi connectivity index (χ1) is 15.0. The van der Waals surface area contributed by atoms with E-state index in [1.54, 1.807) is 30.9 Å². The summed E-state index contributed by atoms with van der Waals surface area (Å²) in [7, 11) is 3.23. The highest BCUT2D eigenvalue weighted by atomic mass is 32.2. The molecule has 2 aromatic rings. The molecule has 2 aliphatic rings. The van der Waals surface area contributed by atoms with Crippen molar-refractivity contribution in [1.29, 1.82) is 0 Å². The molecule has 2 aliphatic heterocycles. The van der Waals surface area contributed by atoms with E-state index in [9.17, 15) is 9.59 Å². The van der Waals surface area contributed by atoms with Crippen LogP contribution in [-0.4, -0.2) is 50.3 Å². The number of hydrogen-bond acceptors (Lipinski definition) is 5. The van der Waals surface area contributed by atoms with Crippen LogP contribution in [0.25, 0.3) is 0 Å². The Labute approximate surface area is 187 Å². The fourth-order valence-corrected chi connectivity index (χ4v) is 4.96. The number of ether oxygens (including phenoxy) is 2. The Morgan fingerprint density at radius 1 is 1.06 bits per heavy atom. The lowest BCUT2D eigenvalue weighted by Gasteiger charge is -2.28. The Balaban J connectivity index is 1.50. The fourth-order valence-electron chi connectivity index (χ4n) is 4.56. The second-order valence-electron chi connectivity index (χ2n) is 7.91. The average Bonchev–Trinajstić information content (AvgIpc) is 3.45. The van der Waals surface area contributed by atoms with Crippen molar-refractivity contribution in [3.05, 3.63) is 48.0 Å². The monoisotopic (exact) mass is 440 g/mol. The number of anilines is 1. The summed E-state index contributed by atoms with van der Waals surface area (Å²) < 4.78 is 10.8. The van der Waals surface area contributed by atoms with Crippen molar-refractivity contribution in [1.82, 2.24) is 4.90 Å². The molecule has 2 atom stereocenters. The van der Waals surface area contributed by atoms with Crippen LogP contribution in [0.4, 0.5) is 5.69 Å². The second-order valence-corrected chi connectivity index (χ2v) is 8.79. The van der Waals surface area contributed by atoms with Crippen molar-refractivity contribution < 1.29 is 19.1 Å². The molecule has 0 bridgehead atoms. The first-order valence-corrected chi connectivity index (χ1v) is 11.7. The van der Waals surface area contributed by atoms with Gasteiger partial charge in [-0.1, -0.05) is 6.07 Å². The molecule has 2 fully saturated rings. The highest BCUT2D eigenvalue weighted by Gasteiger charge is 2.40. The van der Waals surface area contributed by atoms with Gasteiger partial charge in [0.15, 0.2) is 11.5 Å². The summed E-state index contributed by atoms with van der Waals surface area (Å²) in [6, 6.07) is 13.8. The third kappa shape index (κ3) is 4.24. The number of rotatable bonds is 6. The van der Waals surface area contributed by atoms with Gasteiger partial charge in [-0.05, 0) is 61.1 Å².